The third-order valence-electron chi connectivity index (χ3n) is 4.13. The van der Waals surface area contributed by atoms with E-state index in [1.165, 1.54) is 0 Å². The Balaban J connectivity index is 1.82. The maximum atomic E-state index is 12.7. The number of hydrogen-bond donors (Lipinski definition) is 1. The Morgan fingerprint density at radius 2 is 1.92 bits per heavy atom. The number of aryl methyl sites for hydroxylation is 1. The fourth-order valence-corrected chi connectivity index (χ4v) is 2.80. The Morgan fingerprint density at radius 3 is 2.64 bits per heavy atom. The van der Waals surface area contributed by atoms with Gasteiger partial charge in [-0.15, -0.1) is 0 Å². The monoisotopic (exact) mass is 340 g/mol. The summed E-state index contributed by atoms with van der Waals surface area (Å²) in [7, 11) is 0. The molecule has 0 aliphatic heterocycles. The molecule has 0 spiro atoms. The van der Waals surface area contributed by atoms with Crippen LogP contribution in [-0.4, -0.2) is 28.0 Å². The highest BCUT2D eigenvalue weighted by atomic mass is 16.5. The lowest BCUT2D eigenvalue weighted by molar-refractivity contribution is 0.0316. The number of ether oxygens (including phenoxy) is 1. The van der Waals surface area contributed by atoms with Crippen LogP contribution in [0.15, 0.2) is 35.0 Å². The summed E-state index contributed by atoms with van der Waals surface area (Å²) < 4.78 is 10.6. The fourth-order valence-electron chi connectivity index (χ4n) is 2.80. The van der Waals surface area contributed by atoms with Gasteiger partial charge in [-0.25, -0.2) is 4.79 Å². The third-order valence-corrected chi connectivity index (χ3v) is 4.13. The maximum Gasteiger partial charge on any atom is 0.344 e. The number of H-pyrrole nitrogens is 1. The first-order valence-electron chi connectivity index (χ1n) is 8.17. The molecule has 0 amide bonds. The third kappa shape index (κ3) is 3.07. The highest BCUT2D eigenvalue weighted by molar-refractivity contribution is 6.10. The Kier molecular flexibility index (Phi) is 4.44. The highest BCUT2D eigenvalue weighted by Gasteiger charge is 2.28. The van der Waals surface area contributed by atoms with Gasteiger partial charge in [0.1, 0.15) is 5.56 Å². The van der Waals surface area contributed by atoms with Crippen LogP contribution < -0.4 is 0 Å². The molecule has 2 aromatic heterocycles. The van der Waals surface area contributed by atoms with E-state index in [9.17, 15) is 9.59 Å². The molecule has 0 aliphatic carbocycles. The van der Waals surface area contributed by atoms with Crippen molar-refractivity contribution in [3.63, 3.8) is 0 Å². The van der Waals surface area contributed by atoms with Crippen molar-refractivity contribution in [3.8, 4) is 0 Å². The molecule has 0 saturated carbocycles. The minimum Gasteiger partial charge on any atom is -0.451 e. The van der Waals surface area contributed by atoms with Crippen molar-refractivity contribution >= 4 is 22.7 Å². The molecule has 2 heterocycles. The van der Waals surface area contributed by atoms with Crippen molar-refractivity contribution < 1.29 is 18.8 Å². The molecule has 6 heteroatoms. The number of esters is 1. The number of fused-ring (bicyclic) bond motifs is 1. The van der Waals surface area contributed by atoms with Crippen LogP contribution in [0.3, 0.4) is 0 Å². The van der Waals surface area contributed by atoms with E-state index in [4.69, 9.17) is 9.26 Å². The van der Waals surface area contributed by atoms with Gasteiger partial charge in [0.15, 0.2) is 11.9 Å². The molecular formula is C19H20N2O4. The first-order valence-corrected chi connectivity index (χ1v) is 8.17. The molecule has 130 valence electrons. The van der Waals surface area contributed by atoms with Gasteiger partial charge < -0.3 is 14.2 Å². The molecule has 0 radical (unpaired) electrons. The smallest absolute Gasteiger partial charge is 0.344 e. The molecule has 0 saturated heterocycles. The molecule has 0 aliphatic rings. The van der Waals surface area contributed by atoms with Gasteiger partial charge in [-0.3, -0.25) is 4.79 Å². The number of aromatic amines is 1. The maximum absolute atomic E-state index is 12.7. The Morgan fingerprint density at radius 1 is 1.20 bits per heavy atom. The number of ketones is 1. The van der Waals surface area contributed by atoms with Crippen LogP contribution in [0.25, 0.3) is 10.9 Å². The predicted octanol–water partition coefficient (Wildman–Crippen LogP) is 4.02. The number of rotatable bonds is 5. The van der Waals surface area contributed by atoms with Gasteiger partial charge in [-0.05, 0) is 19.9 Å². The molecule has 0 fully saturated rings. The van der Waals surface area contributed by atoms with Gasteiger partial charge >= 0.3 is 5.97 Å². The van der Waals surface area contributed by atoms with E-state index in [0.717, 1.165) is 10.9 Å². The van der Waals surface area contributed by atoms with E-state index in [2.05, 4.69) is 10.1 Å². The topological polar surface area (TPSA) is 85.2 Å². The van der Waals surface area contributed by atoms with Crippen LogP contribution in [0.4, 0.5) is 0 Å². The molecule has 25 heavy (non-hydrogen) atoms. The van der Waals surface area contributed by atoms with E-state index in [1.807, 2.05) is 38.1 Å². The molecule has 0 bridgehead atoms. The second-order valence-corrected chi connectivity index (χ2v) is 6.32. The first-order chi connectivity index (χ1) is 11.9. The Labute approximate surface area is 145 Å². The summed E-state index contributed by atoms with van der Waals surface area (Å²) in [6, 6.07) is 7.49. The van der Waals surface area contributed by atoms with E-state index in [-0.39, 0.29) is 11.7 Å². The number of benzene rings is 1. The van der Waals surface area contributed by atoms with Gasteiger partial charge in [0.05, 0.1) is 5.69 Å². The van der Waals surface area contributed by atoms with Crippen molar-refractivity contribution in [3.05, 3.63) is 53.0 Å². The normalized spacial score (nSPS) is 12.5. The number of hydrogen-bond acceptors (Lipinski definition) is 5. The van der Waals surface area contributed by atoms with E-state index < -0.39 is 12.1 Å². The molecule has 1 atom stereocenters. The van der Waals surface area contributed by atoms with E-state index >= 15 is 0 Å². The standard InChI is InChI=1S/C19H20N2O4/c1-10(2)18-16(11(3)21-25-18)19(23)24-12(4)17(22)14-9-20-15-8-6-5-7-13(14)15/h5-10,12,20H,1-4H3. The highest BCUT2D eigenvalue weighted by Crippen LogP contribution is 2.24. The van der Waals surface area contributed by atoms with Crippen LogP contribution in [0, 0.1) is 6.92 Å². The summed E-state index contributed by atoms with van der Waals surface area (Å²) in [5.74, 6) is -0.397. The van der Waals surface area contributed by atoms with Gasteiger partial charge in [0.2, 0.25) is 5.78 Å². The molecule has 3 aromatic rings. The first kappa shape index (κ1) is 17.0. The number of carbonyl (C=O) groups excluding carboxylic acids is 2. The number of para-hydroxylation sites is 1. The zero-order valence-corrected chi connectivity index (χ0v) is 14.6. The van der Waals surface area contributed by atoms with E-state index in [0.29, 0.717) is 22.6 Å². The summed E-state index contributed by atoms with van der Waals surface area (Å²) in [6.45, 7) is 7.05. The van der Waals surface area contributed by atoms with Crippen molar-refractivity contribution in [2.24, 2.45) is 0 Å². The summed E-state index contributed by atoms with van der Waals surface area (Å²) in [6.07, 6.45) is 0.725. The van der Waals surface area contributed by atoms with Crippen molar-refractivity contribution in [2.45, 2.75) is 39.7 Å². The lowest BCUT2D eigenvalue weighted by Crippen LogP contribution is -2.25. The van der Waals surface area contributed by atoms with Crippen molar-refractivity contribution in [2.75, 3.05) is 0 Å². The number of nitrogens with one attached hydrogen (secondary N) is 1. The van der Waals surface area contributed by atoms with Gasteiger partial charge in [-0.2, -0.15) is 0 Å². The number of aromatic nitrogens is 2. The zero-order valence-electron chi connectivity index (χ0n) is 14.6. The molecule has 3 rings (SSSR count). The molecule has 1 N–H and O–H groups in total. The number of Topliss-reactive ketones (excluding diaryl/α,β-unsaturated/α-hetero) is 1. The van der Waals surface area contributed by atoms with Crippen LogP contribution in [-0.2, 0) is 4.74 Å². The predicted molar refractivity (Wildman–Crippen MR) is 92.8 cm³/mol. The van der Waals surface area contributed by atoms with Crippen molar-refractivity contribution in [1.29, 1.82) is 0 Å². The largest absolute Gasteiger partial charge is 0.451 e. The minimum atomic E-state index is -0.916. The lowest BCUT2D eigenvalue weighted by atomic mass is 10.0. The average Bonchev–Trinajstić information content (AvgIpc) is 3.17. The Bertz CT molecular complexity index is 936. The fraction of sp³-hybridized carbons (Fsp3) is 0.316. The zero-order chi connectivity index (χ0) is 18.1. The second kappa shape index (κ2) is 6.55. The van der Waals surface area contributed by atoms with Crippen LogP contribution in [0.5, 0.6) is 0 Å². The average molecular weight is 340 g/mol. The van der Waals surface area contributed by atoms with E-state index in [1.54, 1.807) is 20.0 Å². The summed E-state index contributed by atoms with van der Waals surface area (Å²) in [5, 5.41) is 4.64. The minimum absolute atomic E-state index is 0.0108. The molecular weight excluding hydrogens is 320 g/mol. The second-order valence-electron chi connectivity index (χ2n) is 6.32. The van der Waals surface area contributed by atoms with Gasteiger partial charge in [0.25, 0.3) is 0 Å². The number of carbonyl (C=O) groups is 2. The molecule has 6 nitrogen and oxygen atoms in total. The quantitative estimate of drug-likeness (QED) is 0.560. The Hall–Kier alpha value is -2.89. The van der Waals surface area contributed by atoms with Gasteiger partial charge in [-0.1, -0.05) is 37.2 Å². The van der Waals surface area contributed by atoms with Crippen LogP contribution >= 0.6 is 0 Å². The van der Waals surface area contributed by atoms with Gasteiger partial charge in [0, 0.05) is 28.6 Å². The SMILES string of the molecule is Cc1noc(C(C)C)c1C(=O)OC(C)C(=O)c1c[nH]c2ccccc12. The summed E-state index contributed by atoms with van der Waals surface area (Å²) >= 11 is 0. The summed E-state index contributed by atoms with van der Waals surface area (Å²) in [4.78, 5) is 28.3. The van der Waals surface area contributed by atoms with Crippen LogP contribution in [0.1, 0.15) is 58.9 Å². The molecule has 1 aromatic carbocycles. The lowest BCUT2D eigenvalue weighted by Gasteiger charge is -2.12. The molecule has 1 unspecified atom stereocenters. The summed E-state index contributed by atoms with van der Waals surface area (Å²) in [5.41, 5.74) is 2.12. The van der Waals surface area contributed by atoms with Crippen molar-refractivity contribution in [1.82, 2.24) is 10.1 Å². The number of nitrogens with zero attached hydrogens (tertiary/aromatic N) is 1. The van der Waals surface area contributed by atoms with Crippen LogP contribution in [0.2, 0.25) is 0 Å².